The van der Waals surface area contributed by atoms with E-state index in [9.17, 15) is 0 Å². The zero-order valence-electron chi connectivity index (χ0n) is 5.10. The quantitative estimate of drug-likeness (QED) is 0.290. The molecule has 0 bridgehead atoms. The predicted molar refractivity (Wildman–Crippen MR) is 37.7 cm³/mol. The molecule has 8 heavy (non-hydrogen) atoms. The summed E-state index contributed by atoms with van der Waals surface area (Å²) < 4.78 is 0. The predicted octanol–water partition coefficient (Wildman–Crippen LogP) is 1.37. The Hall–Kier alpha value is 0.880. The molecule has 0 aliphatic carbocycles. The van der Waals surface area contributed by atoms with Crippen LogP contribution < -0.4 is 0 Å². The van der Waals surface area contributed by atoms with Crippen LogP contribution in [0.2, 0.25) is 0 Å². The van der Waals surface area contributed by atoms with Crippen LogP contribution >= 0.6 is 7.92 Å². The average molecular weight is 331 g/mol. The molecular weight excluding hydrogens is 322 g/mol. The van der Waals surface area contributed by atoms with Crippen molar-refractivity contribution in [3.8, 4) is 5.40 Å². The van der Waals surface area contributed by atoms with Gasteiger partial charge in [0.15, 0.2) is 0 Å². The average Bonchev–Trinajstić information content (AvgIpc) is 1.33. The molecule has 0 rings (SSSR count). The van der Waals surface area contributed by atoms with Gasteiger partial charge in [-0.1, -0.05) is 5.40 Å². The van der Waals surface area contributed by atoms with Crippen LogP contribution in [0.25, 0.3) is 0 Å². The second-order valence-corrected chi connectivity index (χ2v) is 4.30. The fourth-order valence-corrected chi connectivity index (χ4v) is 0. The zero-order chi connectivity index (χ0) is 6.28. The summed E-state index contributed by atoms with van der Waals surface area (Å²) in [5.41, 5.74) is 0. The van der Waals surface area contributed by atoms with Crippen molar-refractivity contribution in [2.45, 2.75) is 0 Å². The van der Waals surface area contributed by atoms with E-state index in [1.54, 1.807) is 0 Å². The van der Waals surface area contributed by atoms with Crippen molar-refractivity contribution in [1.82, 2.24) is 0 Å². The maximum Gasteiger partial charge on any atom is 1.00 e. The van der Waals surface area contributed by atoms with Gasteiger partial charge in [0.05, 0.1) is 0 Å². The van der Waals surface area contributed by atoms with Gasteiger partial charge in [0.25, 0.3) is 0 Å². The fourth-order valence-electron chi connectivity index (χ4n) is 0. The van der Waals surface area contributed by atoms with Crippen molar-refractivity contribution < 1.29 is 22.4 Å². The molecule has 0 aromatic rings. The number of nitrogens with zero attached hydrogens (tertiary/aromatic N) is 1. The van der Waals surface area contributed by atoms with Gasteiger partial charge in [-0.15, -0.1) is 7.92 Å². The first-order valence-corrected chi connectivity index (χ1v) is 4.86. The molecule has 52 valence electrons. The second-order valence-electron chi connectivity index (χ2n) is 1.43. The van der Waals surface area contributed by atoms with Crippen LogP contribution in [0.15, 0.2) is 0 Å². The van der Waals surface area contributed by atoms with Crippen molar-refractivity contribution in [2.75, 3.05) is 20.0 Å². The molecule has 0 saturated carbocycles. The molecule has 0 radical (unpaired) electrons. The van der Waals surface area contributed by atoms with Crippen molar-refractivity contribution in [2.24, 2.45) is 0 Å². The summed E-state index contributed by atoms with van der Waals surface area (Å²) in [5, 5.41) is 8.47. The Balaban J connectivity index is -0.0000000575. The molecule has 0 N–H and O–H groups in total. The molecule has 0 amide bonds. The second kappa shape index (κ2) is 15.7. The van der Waals surface area contributed by atoms with Gasteiger partial charge in [-0.05, 0) is 20.0 Å². The van der Waals surface area contributed by atoms with E-state index < -0.39 is 0 Å². The summed E-state index contributed by atoms with van der Waals surface area (Å²) in [7, 11) is 0.380. The molecule has 4 heteroatoms. The molecule has 0 aliphatic heterocycles. The van der Waals surface area contributed by atoms with E-state index in [4.69, 9.17) is 5.26 Å². The minimum Gasteiger partial charge on any atom is -0.696 e. The number of rotatable bonds is 0. The van der Waals surface area contributed by atoms with E-state index in [0.29, 0.717) is 7.92 Å². The Morgan fingerprint density at radius 1 is 1.38 bits per heavy atom. The fraction of sp³-hybridized carbons (Fsp3) is 0.750. The maximum atomic E-state index is 7.13. The van der Waals surface area contributed by atoms with Crippen molar-refractivity contribution in [1.29, 1.82) is 5.26 Å². The Morgan fingerprint density at radius 3 is 1.38 bits per heavy atom. The summed E-state index contributed by atoms with van der Waals surface area (Å²) in [4.78, 5) is 0. The molecule has 0 saturated heterocycles. The van der Waals surface area contributed by atoms with Crippen molar-refractivity contribution >= 4 is 20.6 Å². The van der Waals surface area contributed by atoms with E-state index in [2.05, 4.69) is 32.6 Å². The van der Waals surface area contributed by atoms with Gasteiger partial charge >= 0.3 is 22.4 Å². The van der Waals surface area contributed by atoms with Crippen LogP contribution in [0.1, 0.15) is 0 Å². The summed E-state index contributed by atoms with van der Waals surface area (Å²) in [6, 6.07) is 0. The van der Waals surface area contributed by atoms with Crippen molar-refractivity contribution in [3.05, 3.63) is 0 Å². The normalized spacial score (nSPS) is 5.38. The molecular formula is C4H9AuNPS. The molecule has 0 aliphatic rings. The minimum atomic E-state index is 0. The van der Waals surface area contributed by atoms with Crippen LogP contribution in [0.3, 0.4) is 0 Å². The first-order chi connectivity index (χ1) is 3.15. The van der Waals surface area contributed by atoms with Gasteiger partial charge in [-0.2, -0.15) is 0 Å². The molecule has 0 aromatic heterocycles. The topological polar surface area (TPSA) is 23.8 Å². The first kappa shape index (κ1) is 15.9. The van der Waals surface area contributed by atoms with Crippen LogP contribution in [0, 0.1) is 10.7 Å². The summed E-state index contributed by atoms with van der Waals surface area (Å²) in [6.07, 6.45) is 0. The number of hydrogen-bond acceptors (Lipinski definition) is 2. The third-order valence-electron chi connectivity index (χ3n) is 0. The van der Waals surface area contributed by atoms with Crippen molar-refractivity contribution in [3.63, 3.8) is 0 Å². The molecule has 0 atom stereocenters. The van der Waals surface area contributed by atoms with Gasteiger partial charge in [0.2, 0.25) is 0 Å². The largest absolute Gasteiger partial charge is 1.00 e. The maximum absolute atomic E-state index is 7.13. The zero-order valence-corrected chi connectivity index (χ0v) is 8.98. The molecule has 0 spiro atoms. The van der Waals surface area contributed by atoms with E-state index in [0.717, 1.165) is 0 Å². The Morgan fingerprint density at radius 2 is 1.38 bits per heavy atom. The number of thiocyanates is 1. The Bertz CT molecular complexity index is 58.8. The molecule has 0 unspecified atom stereocenters. The summed E-state index contributed by atoms with van der Waals surface area (Å²) in [5.74, 6) is 0. The molecule has 0 aromatic carbocycles. The van der Waals surface area contributed by atoms with Crippen LogP contribution in [-0.2, 0) is 35.0 Å². The molecule has 1 nitrogen and oxygen atoms in total. The number of hydrogen-bond donors (Lipinski definition) is 0. The van der Waals surface area contributed by atoms with E-state index >= 15 is 0 Å². The molecule has 0 heterocycles. The smallest absolute Gasteiger partial charge is 0.696 e. The van der Waals surface area contributed by atoms with E-state index in [-0.39, 0.29) is 22.4 Å². The van der Waals surface area contributed by atoms with Gasteiger partial charge in [-0.3, -0.25) is 0 Å². The minimum absolute atomic E-state index is 0. The van der Waals surface area contributed by atoms with Gasteiger partial charge in [0.1, 0.15) is 0 Å². The van der Waals surface area contributed by atoms with Gasteiger partial charge in [-0.25, -0.2) is 5.26 Å². The standard InChI is InChI=1S/C3H9P.CHNS.Au/c1-4(2)3;2-1-3;/h1-3H3;3H;/q;;+1/p-1. The van der Waals surface area contributed by atoms with Crippen LogP contribution in [0.4, 0.5) is 0 Å². The summed E-state index contributed by atoms with van der Waals surface area (Å²) in [6.45, 7) is 6.69. The monoisotopic (exact) mass is 331 g/mol. The van der Waals surface area contributed by atoms with Gasteiger partial charge < -0.3 is 12.6 Å². The van der Waals surface area contributed by atoms with Crippen LogP contribution in [0.5, 0.6) is 0 Å². The first-order valence-electron chi connectivity index (χ1n) is 1.77. The Kier molecular flexibility index (Phi) is 31.2. The van der Waals surface area contributed by atoms with E-state index in [1.807, 2.05) is 0 Å². The molecule has 0 fully saturated rings. The third-order valence-corrected chi connectivity index (χ3v) is 0. The summed E-state index contributed by atoms with van der Waals surface area (Å²) >= 11 is 3.70. The van der Waals surface area contributed by atoms with E-state index in [1.165, 1.54) is 5.40 Å². The number of nitriles is 1. The third kappa shape index (κ3) is 307. The van der Waals surface area contributed by atoms with Gasteiger partial charge in [0, 0.05) is 0 Å². The van der Waals surface area contributed by atoms with Crippen LogP contribution in [-0.4, -0.2) is 20.0 Å². The Labute approximate surface area is 73.5 Å². The SMILES string of the molecule is CP(C)C.N#C[S-].[Au+].